The maximum atomic E-state index is 11.9. The van der Waals surface area contributed by atoms with E-state index in [0.717, 1.165) is 25.9 Å². The van der Waals surface area contributed by atoms with Crippen LogP contribution in [-0.2, 0) is 9.53 Å². The first kappa shape index (κ1) is 15.4. The molecule has 0 saturated carbocycles. The van der Waals surface area contributed by atoms with E-state index in [9.17, 15) is 4.79 Å². The van der Waals surface area contributed by atoms with Gasteiger partial charge in [0.15, 0.2) is 0 Å². The molecule has 0 amide bonds. The van der Waals surface area contributed by atoms with Crippen molar-refractivity contribution in [3.63, 3.8) is 0 Å². The van der Waals surface area contributed by atoms with Crippen LogP contribution in [0.2, 0.25) is 0 Å². The first-order valence-electron chi connectivity index (χ1n) is 6.28. The van der Waals surface area contributed by atoms with Gasteiger partial charge in [0, 0.05) is 0 Å². The summed E-state index contributed by atoms with van der Waals surface area (Å²) < 4.78 is 5.39. The number of carbonyl (C=O) groups is 1. The van der Waals surface area contributed by atoms with Crippen molar-refractivity contribution in [1.82, 2.24) is 4.90 Å². The Morgan fingerprint density at radius 2 is 1.62 bits per heavy atom. The first-order valence-corrected chi connectivity index (χ1v) is 6.28. The standard InChI is InChI=1S/C13H27NO2/c1-7-9-14(10-8-2)11(3)12(15)16-13(4,5)6/h11H,7-10H2,1-6H3. The van der Waals surface area contributed by atoms with Crippen LogP contribution in [0.15, 0.2) is 0 Å². The van der Waals surface area contributed by atoms with Crippen LogP contribution in [0.3, 0.4) is 0 Å². The molecule has 1 unspecified atom stereocenters. The molecule has 1 atom stereocenters. The summed E-state index contributed by atoms with van der Waals surface area (Å²) in [4.78, 5) is 14.1. The van der Waals surface area contributed by atoms with E-state index in [0.29, 0.717) is 0 Å². The van der Waals surface area contributed by atoms with Crippen molar-refractivity contribution in [2.75, 3.05) is 13.1 Å². The summed E-state index contributed by atoms with van der Waals surface area (Å²) in [5.74, 6) is -0.116. The Hall–Kier alpha value is -0.570. The second-order valence-corrected chi connectivity index (χ2v) is 5.25. The minimum Gasteiger partial charge on any atom is -0.459 e. The summed E-state index contributed by atoms with van der Waals surface area (Å²) in [6, 6.07) is -0.140. The van der Waals surface area contributed by atoms with Crippen molar-refractivity contribution < 1.29 is 9.53 Å². The van der Waals surface area contributed by atoms with Gasteiger partial charge < -0.3 is 4.74 Å². The predicted octanol–water partition coefficient (Wildman–Crippen LogP) is 2.84. The quantitative estimate of drug-likeness (QED) is 0.656. The number of hydrogen-bond acceptors (Lipinski definition) is 3. The van der Waals surface area contributed by atoms with Gasteiger partial charge in [-0.15, -0.1) is 0 Å². The molecule has 0 spiro atoms. The average molecular weight is 229 g/mol. The highest BCUT2D eigenvalue weighted by atomic mass is 16.6. The predicted molar refractivity (Wildman–Crippen MR) is 67.5 cm³/mol. The Labute approximate surface area is 100 Å². The lowest BCUT2D eigenvalue weighted by Gasteiger charge is -2.29. The van der Waals surface area contributed by atoms with E-state index in [-0.39, 0.29) is 12.0 Å². The van der Waals surface area contributed by atoms with Crippen molar-refractivity contribution >= 4 is 5.97 Å². The van der Waals surface area contributed by atoms with Crippen LogP contribution in [0.4, 0.5) is 0 Å². The summed E-state index contributed by atoms with van der Waals surface area (Å²) in [7, 11) is 0. The molecule has 0 aromatic heterocycles. The van der Waals surface area contributed by atoms with Crippen molar-refractivity contribution in [1.29, 1.82) is 0 Å². The number of esters is 1. The molecule has 0 bridgehead atoms. The fourth-order valence-electron chi connectivity index (χ4n) is 1.61. The number of ether oxygens (including phenoxy) is 1. The maximum Gasteiger partial charge on any atom is 0.323 e. The van der Waals surface area contributed by atoms with Gasteiger partial charge in [0.05, 0.1) is 0 Å². The Kier molecular flexibility index (Phi) is 6.65. The fourth-order valence-corrected chi connectivity index (χ4v) is 1.61. The van der Waals surface area contributed by atoms with Gasteiger partial charge in [0.1, 0.15) is 11.6 Å². The molecule has 0 aromatic carbocycles. The second-order valence-electron chi connectivity index (χ2n) is 5.25. The molecule has 0 aliphatic rings. The van der Waals surface area contributed by atoms with Gasteiger partial charge in [-0.3, -0.25) is 9.69 Å². The summed E-state index contributed by atoms with van der Waals surface area (Å²) in [5.41, 5.74) is -0.393. The highest BCUT2D eigenvalue weighted by Crippen LogP contribution is 2.11. The number of carbonyl (C=O) groups excluding carboxylic acids is 1. The van der Waals surface area contributed by atoms with E-state index in [2.05, 4.69) is 18.7 Å². The average Bonchev–Trinajstić information content (AvgIpc) is 2.13. The molecule has 96 valence electrons. The van der Waals surface area contributed by atoms with Gasteiger partial charge >= 0.3 is 5.97 Å². The normalized spacial score (nSPS) is 13.9. The Bertz CT molecular complexity index is 202. The zero-order valence-electron chi connectivity index (χ0n) is 11.7. The van der Waals surface area contributed by atoms with Crippen LogP contribution in [0.5, 0.6) is 0 Å². The Morgan fingerprint density at radius 1 is 1.19 bits per heavy atom. The highest BCUT2D eigenvalue weighted by Gasteiger charge is 2.25. The first-order chi connectivity index (χ1) is 7.31. The summed E-state index contributed by atoms with van der Waals surface area (Å²) in [6.07, 6.45) is 2.13. The van der Waals surface area contributed by atoms with Gasteiger partial charge in [0.2, 0.25) is 0 Å². The molecule has 0 radical (unpaired) electrons. The minimum absolute atomic E-state index is 0.116. The van der Waals surface area contributed by atoms with Crippen molar-refractivity contribution in [2.45, 2.75) is 66.0 Å². The van der Waals surface area contributed by atoms with Gasteiger partial charge in [0.25, 0.3) is 0 Å². The third-order valence-corrected chi connectivity index (χ3v) is 2.32. The summed E-state index contributed by atoms with van der Waals surface area (Å²) in [6.45, 7) is 13.8. The van der Waals surface area contributed by atoms with Crippen LogP contribution < -0.4 is 0 Å². The van der Waals surface area contributed by atoms with Gasteiger partial charge in [-0.25, -0.2) is 0 Å². The zero-order chi connectivity index (χ0) is 12.8. The lowest BCUT2D eigenvalue weighted by molar-refractivity contribution is -0.160. The number of hydrogen-bond donors (Lipinski definition) is 0. The van der Waals surface area contributed by atoms with Gasteiger partial charge in [-0.2, -0.15) is 0 Å². The van der Waals surface area contributed by atoms with Crippen LogP contribution >= 0.6 is 0 Å². The monoisotopic (exact) mass is 229 g/mol. The van der Waals surface area contributed by atoms with Crippen LogP contribution in [0.25, 0.3) is 0 Å². The molecule has 0 fully saturated rings. The number of rotatable bonds is 6. The van der Waals surface area contributed by atoms with Crippen molar-refractivity contribution in [3.8, 4) is 0 Å². The lowest BCUT2D eigenvalue weighted by atomic mass is 10.2. The molecule has 0 rings (SSSR count). The summed E-state index contributed by atoms with van der Waals surface area (Å²) in [5, 5.41) is 0. The smallest absolute Gasteiger partial charge is 0.323 e. The maximum absolute atomic E-state index is 11.9. The minimum atomic E-state index is -0.393. The molecule has 0 saturated heterocycles. The van der Waals surface area contributed by atoms with E-state index in [1.54, 1.807) is 0 Å². The van der Waals surface area contributed by atoms with E-state index in [4.69, 9.17) is 4.74 Å². The molecule has 3 heteroatoms. The SMILES string of the molecule is CCCN(CCC)C(C)C(=O)OC(C)(C)C. The van der Waals surface area contributed by atoms with Gasteiger partial charge in [-0.05, 0) is 53.6 Å². The van der Waals surface area contributed by atoms with E-state index < -0.39 is 5.60 Å². The van der Waals surface area contributed by atoms with E-state index in [1.807, 2.05) is 27.7 Å². The molecular formula is C13H27NO2. The molecule has 0 aromatic rings. The zero-order valence-corrected chi connectivity index (χ0v) is 11.7. The van der Waals surface area contributed by atoms with Crippen LogP contribution in [-0.4, -0.2) is 35.6 Å². The highest BCUT2D eigenvalue weighted by molar-refractivity contribution is 5.75. The van der Waals surface area contributed by atoms with Crippen LogP contribution in [0.1, 0.15) is 54.4 Å². The Balaban J connectivity index is 4.36. The van der Waals surface area contributed by atoms with Gasteiger partial charge in [-0.1, -0.05) is 13.8 Å². The molecular weight excluding hydrogens is 202 g/mol. The molecule has 0 aliphatic heterocycles. The van der Waals surface area contributed by atoms with Crippen molar-refractivity contribution in [2.24, 2.45) is 0 Å². The molecule has 0 aliphatic carbocycles. The lowest BCUT2D eigenvalue weighted by Crippen LogP contribution is -2.43. The van der Waals surface area contributed by atoms with Crippen LogP contribution in [0, 0.1) is 0 Å². The number of nitrogens with zero attached hydrogens (tertiary/aromatic N) is 1. The van der Waals surface area contributed by atoms with E-state index in [1.165, 1.54) is 0 Å². The van der Waals surface area contributed by atoms with Crippen molar-refractivity contribution in [3.05, 3.63) is 0 Å². The fraction of sp³-hybridized carbons (Fsp3) is 0.923. The summed E-state index contributed by atoms with van der Waals surface area (Å²) >= 11 is 0. The molecule has 0 N–H and O–H groups in total. The Morgan fingerprint density at radius 3 is 1.94 bits per heavy atom. The van der Waals surface area contributed by atoms with E-state index >= 15 is 0 Å². The molecule has 16 heavy (non-hydrogen) atoms. The molecule has 0 heterocycles. The topological polar surface area (TPSA) is 29.5 Å². The third kappa shape index (κ3) is 6.11. The largest absolute Gasteiger partial charge is 0.459 e. The molecule has 3 nitrogen and oxygen atoms in total. The third-order valence-electron chi connectivity index (χ3n) is 2.32. The second kappa shape index (κ2) is 6.89.